The van der Waals surface area contributed by atoms with Crippen molar-refractivity contribution in [1.29, 1.82) is 0 Å². The molecule has 4 heteroatoms. The van der Waals surface area contributed by atoms with Gasteiger partial charge in [0.1, 0.15) is 5.75 Å². The van der Waals surface area contributed by atoms with Gasteiger partial charge in [0.15, 0.2) is 0 Å². The number of benzene rings is 1. The zero-order valence-corrected chi connectivity index (χ0v) is 12.7. The maximum atomic E-state index is 5.84. The van der Waals surface area contributed by atoms with Crippen molar-refractivity contribution < 1.29 is 4.74 Å². The van der Waals surface area contributed by atoms with Crippen molar-refractivity contribution in [1.82, 2.24) is 15.1 Å². The number of para-hydroxylation sites is 1. The van der Waals surface area contributed by atoms with E-state index in [2.05, 4.69) is 41.7 Å². The Morgan fingerprint density at radius 2 is 2.29 bits per heavy atom. The topological polar surface area (TPSA) is 39.1 Å². The largest absolute Gasteiger partial charge is 0.493 e. The van der Waals surface area contributed by atoms with Crippen LogP contribution in [0.15, 0.2) is 36.7 Å². The van der Waals surface area contributed by atoms with Crippen LogP contribution in [0, 0.1) is 0 Å². The fraction of sp³-hybridized carbons (Fsp3) is 0.471. The lowest BCUT2D eigenvalue weighted by molar-refractivity contribution is 0.293. The number of nitrogens with zero attached hydrogens (tertiary/aromatic N) is 2. The van der Waals surface area contributed by atoms with Gasteiger partial charge in [-0.1, -0.05) is 25.1 Å². The average Bonchev–Trinajstić information content (AvgIpc) is 3.10. The molecular weight excluding hydrogens is 262 g/mol. The van der Waals surface area contributed by atoms with Gasteiger partial charge in [-0.05, 0) is 31.0 Å². The summed E-state index contributed by atoms with van der Waals surface area (Å²) < 4.78 is 7.70. The first-order valence-electron chi connectivity index (χ1n) is 7.70. The molecule has 1 aliphatic rings. The highest BCUT2D eigenvalue weighted by molar-refractivity contribution is 5.40. The van der Waals surface area contributed by atoms with Crippen LogP contribution in [0.5, 0.6) is 5.75 Å². The number of likely N-dealkylation sites (N-methyl/N-ethyl adjacent to an activating group) is 1. The molecule has 0 bridgehead atoms. The third kappa shape index (κ3) is 3.10. The van der Waals surface area contributed by atoms with Crippen molar-refractivity contribution in [3.05, 3.63) is 47.8 Å². The fourth-order valence-electron chi connectivity index (χ4n) is 3.15. The second-order valence-corrected chi connectivity index (χ2v) is 5.68. The molecule has 1 aromatic heterocycles. The van der Waals surface area contributed by atoms with Crippen molar-refractivity contribution in [3.63, 3.8) is 0 Å². The van der Waals surface area contributed by atoms with Crippen LogP contribution in [-0.4, -0.2) is 29.0 Å². The summed E-state index contributed by atoms with van der Waals surface area (Å²) >= 11 is 0. The summed E-state index contributed by atoms with van der Waals surface area (Å²) in [5, 5.41) is 7.88. The van der Waals surface area contributed by atoms with E-state index in [1.54, 1.807) is 0 Å². The molecule has 0 saturated carbocycles. The Labute approximate surface area is 126 Å². The predicted molar refractivity (Wildman–Crippen MR) is 83.7 cm³/mol. The van der Waals surface area contributed by atoms with E-state index in [4.69, 9.17) is 4.74 Å². The van der Waals surface area contributed by atoms with Crippen molar-refractivity contribution in [2.75, 3.05) is 13.2 Å². The Bertz CT molecular complexity index is 593. The molecule has 3 rings (SSSR count). The maximum absolute atomic E-state index is 5.84. The molecule has 2 aromatic rings. The molecule has 0 radical (unpaired) electrons. The monoisotopic (exact) mass is 285 g/mol. The first kappa shape index (κ1) is 14.1. The lowest BCUT2D eigenvalue weighted by Crippen LogP contribution is -2.36. The van der Waals surface area contributed by atoms with Gasteiger partial charge in [0.05, 0.1) is 12.8 Å². The summed E-state index contributed by atoms with van der Waals surface area (Å²) in [7, 11) is 1.96. The van der Waals surface area contributed by atoms with E-state index in [1.165, 1.54) is 11.1 Å². The van der Waals surface area contributed by atoms with Gasteiger partial charge >= 0.3 is 0 Å². The molecule has 1 aromatic carbocycles. The van der Waals surface area contributed by atoms with Crippen LogP contribution in [0.2, 0.25) is 0 Å². The van der Waals surface area contributed by atoms with Crippen LogP contribution in [0.1, 0.15) is 30.4 Å². The summed E-state index contributed by atoms with van der Waals surface area (Å²) in [6, 6.07) is 8.85. The highest BCUT2D eigenvalue weighted by Crippen LogP contribution is 2.36. The first-order valence-corrected chi connectivity index (χ1v) is 7.70. The number of nitrogens with one attached hydrogen (secondary N) is 1. The Morgan fingerprint density at radius 3 is 3.05 bits per heavy atom. The third-order valence-electron chi connectivity index (χ3n) is 4.19. The molecule has 112 valence electrons. The van der Waals surface area contributed by atoms with Crippen LogP contribution in [0.4, 0.5) is 0 Å². The SMILES string of the molecule is CCNC(CCc1cnn(C)c1)C1COc2ccccc21. The van der Waals surface area contributed by atoms with Crippen molar-refractivity contribution in [2.45, 2.75) is 31.7 Å². The van der Waals surface area contributed by atoms with Gasteiger partial charge in [0, 0.05) is 30.8 Å². The summed E-state index contributed by atoms with van der Waals surface area (Å²) in [5.74, 6) is 1.49. The van der Waals surface area contributed by atoms with E-state index in [1.807, 2.05) is 24.0 Å². The molecule has 1 aliphatic heterocycles. The van der Waals surface area contributed by atoms with Crippen molar-refractivity contribution in [3.8, 4) is 5.75 Å². The van der Waals surface area contributed by atoms with E-state index >= 15 is 0 Å². The van der Waals surface area contributed by atoms with Crippen molar-refractivity contribution in [2.24, 2.45) is 7.05 Å². The van der Waals surface area contributed by atoms with Crippen LogP contribution >= 0.6 is 0 Å². The van der Waals surface area contributed by atoms with Gasteiger partial charge in [0.25, 0.3) is 0 Å². The lowest BCUT2D eigenvalue weighted by atomic mass is 9.89. The third-order valence-corrected chi connectivity index (χ3v) is 4.19. The summed E-state index contributed by atoms with van der Waals surface area (Å²) in [5.41, 5.74) is 2.64. The molecule has 0 saturated heterocycles. The number of hydrogen-bond acceptors (Lipinski definition) is 3. The van der Waals surface area contributed by atoms with Crippen LogP contribution in [0.3, 0.4) is 0 Å². The van der Waals surface area contributed by atoms with E-state index in [9.17, 15) is 0 Å². The average molecular weight is 285 g/mol. The van der Waals surface area contributed by atoms with Gasteiger partial charge in [-0.2, -0.15) is 5.10 Å². The molecular formula is C17H23N3O. The van der Waals surface area contributed by atoms with Gasteiger partial charge < -0.3 is 10.1 Å². The number of aromatic nitrogens is 2. The maximum Gasteiger partial charge on any atom is 0.122 e. The second kappa shape index (κ2) is 6.31. The van der Waals surface area contributed by atoms with Crippen molar-refractivity contribution >= 4 is 0 Å². The molecule has 2 atom stereocenters. The predicted octanol–water partition coefficient (Wildman–Crippen LogP) is 2.51. The zero-order valence-electron chi connectivity index (χ0n) is 12.7. The molecule has 21 heavy (non-hydrogen) atoms. The number of ether oxygens (including phenoxy) is 1. The zero-order chi connectivity index (χ0) is 14.7. The Kier molecular flexibility index (Phi) is 4.25. The molecule has 0 amide bonds. The number of fused-ring (bicyclic) bond motifs is 1. The molecule has 4 nitrogen and oxygen atoms in total. The standard InChI is InChI=1S/C17H23N3O/c1-3-18-16(9-8-13-10-19-20(2)11-13)15-12-21-17-7-5-4-6-14(15)17/h4-7,10-11,15-16,18H,3,8-9,12H2,1-2H3. The van der Waals surface area contributed by atoms with Crippen LogP contribution < -0.4 is 10.1 Å². The minimum absolute atomic E-state index is 0.442. The highest BCUT2D eigenvalue weighted by atomic mass is 16.5. The molecule has 2 heterocycles. The van der Waals surface area contributed by atoms with Gasteiger partial charge in [0.2, 0.25) is 0 Å². The van der Waals surface area contributed by atoms with Gasteiger partial charge in [-0.15, -0.1) is 0 Å². The second-order valence-electron chi connectivity index (χ2n) is 5.68. The normalized spacial score (nSPS) is 18.3. The van der Waals surface area contributed by atoms with Gasteiger partial charge in [-0.25, -0.2) is 0 Å². The van der Waals surface area contributed by atoms with Crippen LogP contribution in [0.25, 0.3) is 0 Å². The van der Waals surface area contributed by atoms with E-state index in [0.29, 0.717) is 12.0 Å². The molecule has 0 aliphatic carbocycles. The molecule has 2 unspecified atom stereocenters. The minimum Gasteiger partial charge on any atom is -0.493 e. The first-order chi connectivity index (χ1) is 10.3. The lowest BCUT2D eigenvalue weighted by Gasteiger charge is -2.23. The smallest absolute Gasteiger partial charge is 0.122 e. The Hall–Kier alpha value is -1.81. The number of rotatable bonds is 6. The summed E-state index contributed by atoms with van der Waals surface area (Å²) in [6.07, 6.45) is 6.20. The summed E-state index contributed by atoms with van der Waals surface area (Å²) in [6.45, 7) is 3.93. The molecule has 0 fully saturated rings. The molecule has 1 N–H and O–H groups in total. The molecule has 0 spiro atoms. The Morgan fingerprint density at radius 1 is 1.43 bits per heavy atom. The summed E-state index contributed by atoms with van der Waals surface area (Å²) in [4.78, 5) is 0. The highest BCUT2D eigenvalue weighted by Gasteiger charge is 2.30. The fourth-order valence-corrected chi connectivity index (χ4v) is 3.15. The Balaban J connectivity index is 1.70. The van der Waals surface area contributed by atoms with Gasteiger partial charge in [-0.3, -0.25) is 4.68 Å². The number of hydrogen-bond donors (Lipinski definition) is 1. The van der Waals surface area contributed by atoms with E-state index in [0.717, 1.165) is 31.7 Å². The van der Waals surface area contributed by atoms with E-state index in [-0.39, 0.29) is 0 Å². The van der Waals surface area contributed by atoms with E-state index < -0.39 is 0 Å². The quantitative estimate of drug-likeness (QED) is 0.886. The minimum atomic E-state index is 0.442. The van der Waals surface area contributed by atoms with Crippen LogP contribution in [-0.2, 0) is 13.5 Å². The number of aryl methyl sites for hydroxylation is 2.